The highest BCUT2D eigenvalue weighted by atomic mass is 35.5. The monoisotopic (exact) mass is 449 g/mol. The van der Waals surface area contributed by atoms with E-state index in [1.54, 1.807) is 0 Å². The summed E-state index contributed by atoms with van der Waals surface area (Å²) in [4.78, 5) is 19.1. The number of unbranched alkanes of at least 4 members (excludes halogenated alkanes) is 1. The zero-order chi connectivity index (χ0) is 22.7. The van der Waals surface area contributed by atoms with Crippen molar-refractivity contribution in [1.29, 1.82) is 0 Å². The van der Waals surface area contributed by atoms with Crippen molar-refractivity contribution in [2.24, 2.45) is 0 Å². The molecule has 1 aromatic rings. The van der Waals surface area contributed by atoms with Crippen molar-refractivity contribution >= 4 is 17.5 Å². The molecule has 1 fully saturated rings. The second-order valence-electron chi connectivity index (χ2n) is 9.22. The van der Waals surface area contributed by atoms with Crippen LogP contribution in [0, 0.1) is 0 Å². The molecule has 1 N–H and O–H groups in total. The van der Waals surface area contributed by atoms with Crippen LogP contribution in [-0.2, 0) is 0 Å². The predicted octanol–water partition coefficient (Wildman–Crippen LogP) is 5.23. The lowest BCUT2D eigenvalue weighted by molar-refractivity contribution is -0.154. The van der Waals surface area contributed by atoms with Crippen LogP contribution in [0.1, 0.15) is 70.7 Å². The number of carbonyl (C=O) groups is 1. The van der Waals surface area contributed by atoms with Crippen LogP contribution in [0.4, 0.5) is 13.2 Å². The normalized spacial score (nSPS) is 18.8. The third-order valence-corrected chi connectivity index (χ3v) is 5.32. The van der Waals surface area contributed by atoms with Gasteiger partial charge in [-0.3, -0.25) is 4.79 Å². The Hall–Kier alpha value is -1.54. The van der Waals surface area contributed by atoms with Crippen LogP contribution >= 0.6 is 11.6 Å². The molecule has 0 aromatic carbocycles. The summed E-state index contributed by atoms with van der Waals surface area (Å²) in [7, 11) is 0. The first kappa shape index (κ1) is 24.7. The molecule has 0 bridgehead atoms. The van der Waals surface area contributed by atoms with E-state index < -0.39 is 12.8 Å². The summed E-state index contributed by atoms with van der Waals surface area (Å²) in [6.07, 6.45) is 0.107. The molecule has 2 heterocycles. The molecular formula is C21H31ClF3N3O2. The molecule has 1 amide bonds. The van der Waals surface area contributed by atoms with Gasteiger partial charge in [0.15, 0.2) is 6.61 Å². The summed E-state index contributed by atoms with van der Waals surface area (Å²) >= 11 is 6.05. The van der Waals surface area contributed by atoms with Gasteiger partial charge < -0.3 is 15.0 Å². The third-order valence-electron chi connectivity index (χ3n) is 5.05. The van der Waals surface area contributed by atoms with Gasteiger partial charge in [-0.1, -0.05) is 24.9 Å². The summed E-state index contributed by atoms with van der Waals surface area (Å²) in [5, 5.41) is 3.50. The number of ether oxygens (including phenoxy) is 1. The van der Waals surface area contributed by atoms with Crippen LogP contribution in [0.15, 0.2) is 12.3 Å². The third kappa shape index (κ3) is 7.01. The fourth-order valence-electron chi connectivity index (χ4n) is 4.23. The molecule has 0 radical (unpaired) electrons. The van der Waals surface area contributed by atoms with Gasteiger partial charge in [0.05, 0.1) is 5.56 Å². The standard InChI is InChI=1S/C21H31ClF3N3O2/c1-6-7-8-28(15-10-19(2,3)27-20(4,5)11-15)18(29)14-9-16(22)17(26-12-14)30-13-21(23,24)25/h9,12,15,27H,6-8,10-11,13H2,1-5H3. The van der Waals surface area contributed by atoms with Crippen LogP contribution in [0.25, 0.3) is 0 Å². The van der Waals surface area contributed by atoms with Gasteiger partial charge in [0.2, 0.25) is 5.88 Å². The molecule has 30 heavy (non-hydrogen) atoms. The van der Waals surface area contributed by atoms with Crippen molar-refractivity contribution in [3.63, 3.8) is 0 Å². The predicted molar refractivity (Wildman–Crippen MR) is 111 cm³/mol. The number of nitrogens with one attached hydrogen (secondary N) is 1. The molecule has 1 aliphatic heterocycles. The zero-order valence-corrected chi connectivity index (χ0v) is 19.0. The lowest BCUT2D eigenvalue weighted by atomic mass is 9.79. The van der Waals surface area contributed by atoms with Gasteiger partial charge in [-0.25, -0.2) is 4.98 Å². The number of rotatable bonds is 7. The second kappa shape index (κ2) is 9.30. The Bertz CT molecular complexity index is 738. The molecular weight excluding hydrogens is 419 g/mol. The van der Waals surface area contributed by atoms with Gasteiger partial charge >= 0.3 is 6.18 Å². The Kier molecular flexibility index (Phi) is 7.67. The number of hydrogen-bond donors (Lipinski definition) is 1. The number of alkyl halides is 3. The number of amides is 1. The Labute approximate surface area is 181 Å². The molecule has 0 atom stereocenters. The Balaban J connectivity index is 2.25. The summed E-state index contributed by atoms with van der Waals surface area (Å²) in [5.74, 6) is -0.562. The molecule has 1 aromatic heterocycles. The minimum atomic E-state index is -4.49. The molecule has 0 spiro atoms. The number of aromatic nitrogens is 1. The quantitative estimate of drug-likeness (QED) is 0.619. The van der Waals surface area contributed by atoms with Gasteiger partial charge in [-0.2, -0.15) is 13.2 Å². The molecule has 0 unspecified atom stereocenters. The minimum Gasteiger partial charge on any atom is -0.467 e. The van der Waals surface area contributed by atoms with Crippen molar-refractivity contribution in [1.82, 2.24) is 15.2 Å². The largest absolute Gasteiger partial charge is 0.467 e. The number of hydrogen-bond acceptors (Lipinski definition) is 4. The molecule has 1 aliphatic rings. The second-order valence-corrected chi connectivity index (χ2v) is 9.63. The first-order valence-corrected chi connectivity index (χ1v) is 10.6. The van der Waals surface area contributed by atoms with Gasteiger partial charge in [-0.05, 0) is 53.0 Å². The number of nitrogens with zero attached hydrogens (tertiary/aromatic N) is 2. The smallest absolute Gasteiger partial charge is 0.422 e. The van der Waals surface area contributed by atoms with E-state index in [0.29, 0.717) is 6.54 Å². The molecule has 2 rings (SSSR count). The van der Waals surface area contributed by atoms with Crippen LogP contribution in [-0.4, -0.2) is 52.2 Å². The molecule has 9 heteroatoms. The van der Waals surface area contributed by atoms with E-state index in [4.69, 9.17) is 11.6 Å². The minimum absolute atomic E-state index is 0.0234. The summed E-state index contributed by atoms with van der Waals surface area (Å²) in [6, 6.07) is 1.36. The van der Waals surface area contributed by atoms with Crippen molar-refractivity contribution in [3.05, 3.63) is 22.8 Å². The molecule has 170 valence electrons. The summed E-state index contributed by atoms with van der Waals surface area (Å²) in [6.45, 7) is 9.64. The maximum absolute atomic E-state index is 13.3. The number of halogens is 4. The topological polar surface area (TPSA) is 54.5 Å². The van der Waals surface area contributed by atoms with Crippen LogP contribution in [0.2, 0.25) is 5.02 Å². The molecule has 0 saturated carbocycles. The first-order chi connectivity index (χ1) is 13.7. The van der Waals surface area contributed by atoms with E-state index >= 15 is 0 Å². The number of piperidine rings is 1. The van der Waals surface area contributed by atoms with E-state index in [1.165, 1.54) is 12.3 Å². The number of pyridine rings is 1. The Morgan fingerprint density at radius 3 is 2.40 bits per heavy atom. The van der Waals surface area contributed by atoms with E-state index in [2.05, 4.69) is 49.7 Å². The number of carbonyl (C=O) groups excluding carboxylic acids is 1. The highest BCUT2D eigenvalue weighted by Crippen LogP contribution is 2.33. The van der Waals surface area contributed by atoms with Crippen molar-refractivity contribution in [2.45, 2.75) is 83.6 Å². The molecule has 5 nitrogen and oxygen atoms in total. The van der Waals surface area contributed by atoms with Crippen molar-refractivity contribution in [3.8, 4) is 5.88 Å². The summed E-state index contributed by atoms with van der Waals surface area (Å²) in [5.41, 5.74) is -0.0327. The fourth-order valence-corrected chi connectivity index (χ4v) is 4.45. The van der Waals surface area contributed by atoms with Crippen LogP contribution < -0.4 is 10.1 Å². The maximum Gasteiger partial charge on any atom is 0.422 e. The van der Waals surface area contributed by atoms with E-state index in [1.807, 2.05) is 4.90 Å². The highest BCUT2D eigenvalue weighted by molar-refractivity contribution is 6.32. The fraction of sp³-hybridized carbons (Fsp3) is 0.714. The Morgan fingerprint density at radius 1 is 1.30 bits per heavy atom. The van der Waals surface area contributed by atoms with Gasteiger partial charge in [0.1, 0.15) is 5.02 Å². The lowest BCUT2D eigenvalue weighted by Crippen LogP contribution is -2.62. The van der Waals surface area contributed by atoms with E-state index in [0.717, 1.165) is 25.7 Å². The Morgan fingerprint density at radius 2 is 1.90 bits per heavy atom. The molecule has 1 saturated heterocycles. The summed E-state index contributed by atoms with van der Waals surface area (Å²) < 4.78 is 41.8. The van der Waals surface area contributed by atoms with E-state index in [-0.39, 0.29) is 39.5 Å². The first-order valence-electron chi connectivity index (χ1n) is 10.2. The maximum atomic E-state index is 13.3. The van der Waals surface area contributed by atoms with Gasteiger partial charge in [0, 0.05) is 29.9 Å². The van der Waals surface area contributed by atoms with Crippen LogP contribution in [0.5, 0.6) is 5.88 Å². The lowest BCUT2D eigenvalue weighted by Gasteiger charge is -2.49. The average molecular weight is 450 g/mol. The van der Waals surface area contributed by atoms with Crippen molar-refractivity contribution in [2.75, 3.05) is 13.2 Å². The van der Waals surface area contributed by atoms with Crippen molar-refractivity contribution < 1.29 is 22.7 Å². The van der Waals surface area contributed by atoms with E-state index in [9.17, 15) is 18.0 Å². The average Bonchev–Trinajstić information content (AvgIpc) is 2.57. The van der Waals surface area contributed by atoms with Crippen LogP contribution in [0.3, 0.4) is 0 Å². The SMILES string of the molecule is CCCCN(C(=O)c1cnc(OCC(F)(F)F)c(Cl)c1)C1CC(C)(C)NC(C)(C)C1. The van der Waals surface area contributed by atoms with Gasteiger partial charge in [0.25, 0.3) is 5.91 Å². The van der Waals surface area contributed by atoms with Gasteiger partial charge in [-0.15, -0.1) is 0 Å². The highest BCUT2D eigenvalue weighted by Gasteiger charge is 2.41. The molecule has 0 aliphatic carbocycles. The zero-order valence-electron chi connectivity index (χ0n) is 18.2.